The van der Waals surface area contributed by atoms with Crippen molar-refractivity contribution in [3.05, 3.63) is 82.7 Å². The van der Waals surface area contributed by atoms with Crippen LogP contribution in [0.15, 0.2) is 59.5 Å². The van der Waals surface area contributed by atoms with Crippen LogP contribution in [0.5, 0.6) is 5.88 Å². The van der Waals surface area contributed by atoms with Crippen LogP contribution < -0.4 is 9.46 Å². The lowest BCUT2D eigenvalue weighted by molar-refractivity contribution is 0.0509. The molecule has 1 amide bonds. The van der Waals surface area contributed by atoms with Crippen molar-refractivity contribution in [3.63, 3.8) is 0 Å². The van der Waals surface area contributed by atoms with Gasteiger partial charge in [-0.25, -0.2) is 18.1 Å². The van der Waals surface area contributed by atoms with Crippen LogP contribution >= 0.6 is 0 Å². The van der Waals surface area contributed by atoms with Gasteiger partial charge in [-0.05, 0) is 67.0 Å². The number of nitrogens with zero attached hydrogens (tertiary/aromatic N) is 5. The van der Waals surface area contributed by atoms with Crippen molar-refractivity contribution >= 4 is 21.9 Å². The summed E-state index contributed by atoms with van der Waals surface area (Å²) < 4.78 is 38.0. The molecule has 5 rings (SSSR count). The molecular formula is C34H42N6O4S. The van der Waals surface area contributed by atoms with Gasteiger partial charge in [-0.1, -0.05) is 58.9 Å². The largest absolute Gasteiger partial charge is 0.475 e. The Kier molecular flexibility index (Phi) is 8.77. The second-order valence-corrected chi connectivity index (χ2v) is 15.0. The number of fused-ring (bicyclic) bond motifs is 4. The maximum absolute atomic E-state index is 14.3. The smallest absolute Gasteiger partial charge is 0.264 e. The number of benzene rings is 2. The highest BCUT2D eigenvalue weighted by Crippen LogP contribution is 2.32. The molecule has 0 radical (unpaired) electrons. The Balaban J connectivity index is 1.68. The fourth-order valence-electron chi connectivity index (χ4n) is 5.88. The molecular weight excluding hydrogens is 588 g/mol. The van der Waals surface area contributed by atoms with E-state index in [2.05, 4.69) is 49.3 Å². The van der Waals surface area contributed by atoms with Crippen LogP contribution in [0.1, 0.15) is 79.8 Å². The van der Waals surface area contributed by atoms with E-state index in [1.54, 1.807) is 23.1 Å². The van der Waals surface area contributed by atoms with E-state index in [4.69, 9.17) is 9.84 Å². The molecule has 0 saturated carbocycles. The van der Waals surface area contributed by atoms with Crippen molar-refractivity contribution in [2.45, 2.75) is 78.3 Å². The van der Waals surface area contributed by atoms with E-state index in [1.807, 2.05) is 49.8 Å². The normalized spacial score (nSPS) is 16.8. The predicted molar refractivity (Wildman–Crippen MR) is 175 cm³/mol. The Morgan fingerprint density at radius 3 is 2.36 bits per heavy atom. The molecule has 2 aromatic carbocycles. The highest BCUT2D eigenvalue weighted by molar-refractivity contribution is 7.92. The zero-order chi connectivity index (χ0) is 32.7. The van der Waals surface area contributed by atoms with Crippen LogP contribution in [0.25, 0.3) is 11.3 Å². The molecule has 1 aliphatic rings. The number of hydrogen-bond acceptors (Lipinski definition) is 7. The molecule has 11 heteroatoms. The van der Waals surface area contributed by atoms with Crippen molar-refractivity contribution in [1.29, 1.82) is 0 Å². The fourth-order valence-corrected chi connectivity index (χ4v) is 6.87. The van der Waals surface area contributed by atoms with Gasteiger partial charge < -0.3 is 9.64 Å². The van der Waals surface area contributed by atoms with E-state index in [-0.39, 0.29) is 52.7 Å². The van der Waals surface area contributed by atoms with Gasteiger partial charge in [0, 0.05) is 29.9 Å². The summed E-state index contributed by atoms with van der Waals surface area (Å²) in [5.74, 6) is 0.0377. The SMILES string of the molecule is Cc1cccc(C)c1-c1cc2nc(n1)NS(=O)(=O)c1cccc(c1)C(=O)N(Cc1cc(C(C)C)n(C)n1)[C@H](CC(C)(C)C)CO2. The second kappa shape index (κ2) is 12.3. The number of anilines is 1. The van der Waals surface area contributed by atoms with Crippen molar-refractivity contribution in [2.24, 2.45) is 12.5 Å². The van der Waals surface area contributed by atoms with Crippen LogP contribution in [-0.2, 0) is 23.6 Å². The second-order valence-electron chi connectivity index (χ2n) is 13.3. The quantitative estimate of drug-likeness (QED) is 0.277. The molecule has 1 N–H and O–H groups in total. The zero-order valence-electron chi connectivity index (χ0n) is 27.2. The van der Waals surface area contributed by atoms with Gasteiger partial charge in [-0.2, -0.15) is 10.1 Å². The van der Waals surface area contributed by atoms with Crippen molar-refractivity contribution < 1.29 is 17.9 Å². The van der Waals surface area contributed by atoms with Gasteiger partial charge >= 0.3 is 0 Å². The number of hydrogen-bond donors (Lipinski definition) is 1. The minimum absolute atomic E-state index is 0.0663. The van der Waals surface area contributed by atoms with Gasteiger partial charge in [0.15, 0.2) is 0 Å². The molecule has 0 unspecified atom stereocenters. The molecule has 0 spiro atoms. The van der Waals surface area contributed by atoms with Gasteiger partial charge in [0.2, 0.25) is 11.8 Å². The molecule has 2 aromatic heterocycles. The lowest BCUT2D eigenvalue weighted by atomic mass is 9.87. The average Bonchev–Trinajstić information content (AvgIpc) is 3.32. The van der Waals surface area contributed by atoms with E-state index in [1.165, 1.54) is 12.1 Å². The Morgan fingerprint density at radius 2 is 1.71 bits per heavy atom. The average molecular weight is 631 g/mol. The van der Waals surface area contributed by atoms with Crippen molar-refractivity contribution in [3.8, 4) is 17.1 Å². The summed E-state index contributed by atoms with van der Waals surface area (Å²) in [5, 5.41) is 4.73. The third-order valence-electron chi connectivity index (χ3n) is 7.92. The van der Waals surface area contributed by atoms with Crippen LogP contribution in [0.4, 0.5) is 5.95 Å². The summed E-state index contributed by atoms with van der Waals surface area (Å²) in [6.45, 7) is 14.9. The number of amides is 1. The molecule has 4 aromatic rings. The lowest BCUT2D eigenvalue weighted by Gasteiger charge is -2.35. The Morgan fingerprint density at radius 1 is 1.02 bits per heavy atom. The Hall–Kier alpha value is -4.25. The van der Waals surface area contributed by atoms with E-state index in [0.29, 0.717) is 12.1 Å². The van der Waals surface area contributed by atoms with Gasteiger partial charge in [-0.15, -0.1) is 0 Å². The predicted octanol–water partition coefficient (Wildman–Crippen LogP) is 6.26. The minimum Gasteiger partial charge on any atom is -0.475 e. The van der Waals surface area contributed by atoms with Gasteiger partial charge in [-0.3, -0.25) is 9.48 Å². The van der Waals surface area contributed by atoms with Crippen LogP contribution in [0.2, 0.25) is 0 Å². The first-order valence-electron chi connectivity index (χ1n) is 15.2. The summed E-state index contributed by atoms with van der Waals surface area (Å²) >= 11 is 0. The molecule has 0 saturated heterocycles. The fraction of sp³-hybridized carbons (Fsp3) is 0.412. The van der Waals surface area contributed by atoms with Crippen LogP contribution in [-0.4, -0.2) is 51.6 Å². The first-order valence-corrected chi connectivity index (χ1v) is 16.6. The maximum atomic E-state index is 14.3. The molecule has 4 bridgehead atoms. The van der Waals surface area contributed by atoms with Gasteiger partial charge in [0.1, 0.15) is 6.61 Å². The maximum Gasteiger partial charge on any atom is 0.264 e. The Bertz CT molecular complexity index is 1820. The summed E-state index contributed by atoms with van der Waals surface area (Å²) in [7, 11) is -2.25. The molecule has 238 valence electrons. The monoisotopic (exact) mass is 630 g/mol. The number of nitrogens with one attached hydrogen (secondary N) is 1. The molecule has 10 nitrogen and oxygen atoms in total. The zero-order valence-corrected chi connectivity index (χ0v) is 28.1. The standard InChI is InChI=1S/C34H42N6O4S/c1-21(2)29-16-25(37-39(29)8)19-40-26(18-34(5,6)7)20-44-30-17-28(31-22(3)11-9-12-23(31)4)35-33(36-30)38-45(42,43)27-14-10-13-24(15-27)32(40)41/h9-17,21,26H,18-20H2,1-8H3,(H,35,36,38)/t26-/m1/s1. The van der Waals surface area contributed by atoms with E-state index < -0.39 is 16.1 Å². The van der Waals surface area contributed by atoms with Gasteiger partial charge in [0.05, 0.1) is 28.9 Å². The topological polar surface area (TPSA) is 119 Å². The number of aromatic nitrogens is 4. The van der Waals surface area contributed by atoms with Crippen LogP contribution in [0.3, 0.4) is 0 Å². The third kappa shape index (κ3) is 7.19. The number of aryl methyl sites for hydroxylation is 3. The van der Waals surface area contributed by atoms with E-state index >= 15 is 0 Å². The van der Waals surface area contributed by atoms with E-state index in [0.717, 1.165) is 28.1 Å². The molecule has 0 aliphatic carbocycles. The van der Waals surface area contributed by atoms with Crippen LogP contribution in [0, 0.1) is 19.3 Å². The summed E-state index contributed by atoms with van der Waals surface area (Å²) in [6.07, 6.45) is 0.612. The number of ether oxygens (including phenoxy) is 1. The first kappa shape index (κ1) is 32.2. The van der Waals surface area contributed by atoms with Crippen molar-refractivity contribution in [2.75, 3.05) is 11.3 Å². The number of rotatable bonds is 5. The summed E-state index contributed by atoms with van der Waals surface area (Å²) in [6, 6.07) is 15.3. The van der Waals surface area contributed by atoms with Crippen molar-refractivity contribution in [1.82, 2.24) is 24.6 Å². The summed E-state index contributed by atoms with van der Waals surface area (Å²) in [5.41, 5.74) is 5.25. The lowest BCUT2D eigenvalue weighted by Crippen LogP contribution is -2.45. The molecule has 1 aliphatic heterocycles. The number of carbonyl (C=O) groups is 1. The summed E-state index contributed by atoms with van der Waals surface area (Å²) in [4.78, 5) is 25.1. The molecule has 3 heterocycles. The Labute approximate surface area is 265 Å². The number of sulfonamides is 1. The minimum atomic E-state index is -4.15. The molecule has 45 heavy (non-hydrogen) atoms. The molecule has 1 atom stereocenters. The third-order valence-corrected chi connectivity index (χ3v) is 9.25. The highest BCUT2D eigenvalue weighted by atomic mass is 32.2. The molecule has 0 fully saturated rings. The number of carbonyl (C=O) groups excluding carboxylic acids is 1. The first-order chi connectivity index (χ1) is 21.1. The highest BCUT2D eigenvalue weighted by Gasteiger charge is 2.32. The van der Waals surface area contributed by atoms with E-state index in [9.17, 15) is 13.2 Å². The van der Waals surface area contributed by atoms with Gasteiger partial charge in [0.25, 0.3) is 15.9 Å².